The van der Waals surface area contributed by atoms with Crippen molar-refractivity contribution in [2.45, 2.75) is 37.1 Å². The molecule has 1 aliphatic rings. The minimum atomic E-state index is -3.53. The van der Waals surface area contributed by atoms with E-state index in [0.29, 0.717) is 11.4 Å². The summed E-state index contributed by atoms with van der Waals surface area (Å²) in [5, 5.41) is 0. The molecule has 1 unspecified atom stereocenters. The van der Waals surface area contributed by atoms with Crippen LogP contribution in [0.1, 0.15) is 36.9 Å². The maximum absolute atomic E-state index is 13.1. The molecule has 0 amide bonds. The minimum Gasteiger partial charge on any atom is -0.207 e. The number of hydrogen-bond donors (Lipinski definition) is 0. The molecule has 0 radical (unpaired) electrons. The molecule has 0 N–H and O–H groups in total. The molecule has 2 aromatic carbocycles. The Kier molecular flexibility index (Phi) is 4.50. The van der Waals surface area contributed by atoms with Crippen molar-refractivity contribution in [3.63, 3.8) is 0 Å². The summed E-state index contributed by atoms with van der Waals surface area (Å²) in [5.41, 5.74) is 1.96. The summed E-state index contributed by atoms with van der Waals surface area (Å²) in [6.07, 6.45) is 2.45. The third-order valence-corrected chi connectivity index (χ3v) is 6.32. The minimum absolute atomic E-state index is 0.216. The molecule has 5 heteroatoms. The fourth-order valence-electron chi connectivity index (χ4n) is 3.08. The summed E-state index contributed by atoms with van der Waals surface area (Å²) in [4.78, 5) is 0.323. The second-order valence-corrected chi connectivity index (χ2v) is 7.71. The van der Waals surface area contributed by atoms with E-state index in [2.05, 4.69) is 0 Å². The topological polar surface area (TPSA) is 37.4 Å². The van der Waals surface area contributed by atoms with Crippen molar-refractivity contribution in [1.29, 1.82) is 0 Å². The highest BCUT2D eigenvalue weighted by Gasteiger charge is 2.36. The largest absolute Gasteiger partial charge is 0.243 e. The number of benzene rings is 2. The van der Waals surface area contributed by atoms with Crippen LogP contribution in [-0.2, 0) is 16.4 Å². The van der Waals surface area contributed by atoms with E-state index in [1.807, 2.05) is 19.1 Å². The Balaban J connectivity index is 1.92. The van der Waals surface area contributed by atoms with Gasteiger partial charge in [0.05, 0.1) is 10.9 Å². The molecule has 3 rings (SSSR count). The molecule has 0 spiro atoms. The molecule has 2 aromatic rings. The molecule has 0 saturated carbocycles. The first-order chi connectivity index (χ1) is 11.0. The Morgan fingerprint density at radius 2 is 1.74 bits per heavy atom. The third-order valence-electron chi connectivity index (χ3n) is 4.40. The number of nitrogens with zero attached hydrogens (tertiary/aromatic N) is 1. The first-order valence-corrected chi connectivity index (χ1v) is 9.32. The second-order valence-electron chi connectivity index (χ2n) is 5.82. The first kappa shape index (κ1) is 16.1. The van der Waals surface area contributed by atoms with Crippen molar-refractivity contribution in [3.05, 3.63) is 65.5 Å². The van der Waals surface area contributed by atoms with Gasteiger partial charge in [0.1, 0.15) is 5.82 Å². The number of sulfonamides is 1. The summed E-state index contributed by atoms with van der Waals surface area (Å²) < 4.78 is 40.5. The SMILES string of the molecule is CCc1ccc(S(=O)(=O)N2CCCC2c2ccc(F)cc2)cc1. The zero-order valence-corrected chi connectivity index (χ0v) is 13.9. The van der Waals surface area contributed by atoms with Crippen LogP contribution in [-0.4, -0.2) is 19.3 Å². The Morgan fingerprint density at radius 3 is 2.35 bits per heavy atom. The highest BCUT2D eigenvalue weighted by Crippen LogP contribution is 2.36. The van der Waals surface area contributed by atoms with Gasteiger partial charge in [-0.2, -0.15) is 4.31 Å². The van der Waals surface area contributed by atoms with E-state index in [-0.39, 0.29) is 11.9 Å². The summed E-state index contributed by atoms with van der Waals surface area (Å²) in [7, 11) is -3.53. The van der Waals surface area contributed by atoms with Crippen molar-refractivity contribution in [2.24, 2.45) is 0 Å². The zero-order chi connectivity index (χ0) is 16.4. The van der Waals surface area contributed by atoms with Gasteiger partial charge in [-0.3, -0.25) is 0 Å². The zero-order valence-electron chi connectivity index (χ0n) is 13.1. The van der Waals surface area contributed by atoms with E-state index < -0.39 is 10.0 Å². The molecular weight excluding hydrogens is 313 g/mol. The molecule has 0 aromatic heterocycles. The fourth-order valence-corrected chi connectivity index (χ4v) is 4.76. The summed E-state index contributed by atoms with van der Waals surface area (Å²) in [5.74, 6) is -0.309. The van der Waals surface area contributed by atoms with E-state index in [4.69, 9.17) is 0 Å². The third kappa shape index (κ3) is 3.16. The van der Waals surface area contributed by atoms with Gasteiger partial charge in [-0.1, -0.05) is 31.2 Å². The van der Waals surface area contributed by atoms with Crippen LogP contribution in [0.15, 0.2) is 53.4 Å². The van der Waals surface area contributed by atoms with Gasteiger partial charge < -0.3 is 0 Å². The lowest BCUT2D eigenvalue weighted by Crippen LogP contribution is -2.30. The molecule has 1 atom stereocenters. The Bertz CT molecular complexity index is 770. The van der Waals surface area contributed by atoms with Crippen molar-refractivity contribution in [2.75, 3.05) is 6.54 Å². The van der Waals surface area contributed by atoms with E-state index in [1.54, 1.807) is 28.6 Å². The van der Waals surface area contributed by atoms with Crippen LogP contribution in [0.3, 0.4) is 0 Å². The molecule has 3 nitrogen and oxygen atoms in total. The van der Waals surface area contributed by atoms with Crippen molar-refractivity contribution in [1.82, 2.24) is 4.31 Å². The molecule has 1 heterocycles. The van der Waals surface area contributed by atoms with Crippen molar-refractivity contribution in [3.8, 4) is 0 Å². The van der Waals surface area contributed by atoms with Gasteiger partial charge in [0.25, 0.3) is 0 Å². The highest BCUT2D eigenvalue weighted by atomic mass is 32.2. The molecule has 1 aliphatic heterocycles. The lowest BCUT2D eigenvalue weighted by Gasteiger charge is -2.24. The first-order valence-electron chi connectivity index (χ1n) is 7.88. The normalized spacial score (nSPS) is 19.1. The van der Waals surface area contributed by atoms with Crippen LogP contribution in [0.2, 0.25) is 0 Å². The lowest BCUT2D eigenvalue weighted by atomic mass is 10.1. The number of aryl methyl sites for hydroxylation is 1. The van der Waals surface area contributed by atoms with Crippen LogP contribution < -0.4 is 0 Å². The molecule has 1 fully saturated rings. The van der Waals surface area contributed by atoms with Crippen LogP contribution in [0.25, 0.3) is 0 Å². The molecule has 122 valence electrons. The van der Waals surface area contributed by atoms with E-state index in [9.17, 15) is 12.8 Å². The predicted molar refractivity (Wildman–Crippen MR) is 88.1 cm³/mol. The van der Waals surface area contributed by atoms with Crippen LogP contribution in [0.5, 0.6) is 0 Å². The van der Waals surface area contributed by atoms with Crippen LogP contribution in [0, 0.1) is 5.82 Å². The monoisotopic (exact) mass is 333 g/mol. The van der Waals surface area contributed by atoms with E-state index in [1.165, 1.54) is 12.1 Å². The Labute approximate surface area is 136 Å². The molecule has 23 heavy (non-hydrogen) atoms. The maximum atomic E-state index is 13.1. The molecule has 1 saturated heterocycles. The van der Waals surface area contributed by atoms with Crippen molar-refractivity contribution >= 4 is 10.0 Å². The van der Waals surface area contributed by atoms with Gasteiger partial charge in [-0.25, -0.2) is 12.8 Å². The molecule has 0 aliphatic carbocycles. The van der Waals surface area contributed by atoms with Gasteiger partial charge in [-0.15, -0.1) is 0 Å². The average molecular weight is 333 g/mol. The van der Waals surface area contributed by atoms with E-state index >= 15 is 0 Å². The summed E-state index contributed by atoms with van der Waals surface area (Å²) >= 11 is 0. The lowest BCUT2D eigenvalue weighted by molar-refractivity contribution is 0.396. The predicted octanol–water partition coefficient (Wildman–Crippen LogP) is 3.91. The van der Waals surface area contributed by atoms with Gasteiger partial charge in [0, 0.05) is 6.54 Å². The van der Waals surface area contributed by atoms with Crippen LogP contribution in [0.4, 0.5) is 4.39 Å². The van der Waals surface area contributed by atoms with Gasteiger partial charge in [-0.05, 0) is 54.7 Å². The number of hydrogen-bond acceptors (Lipinski definition) is 2. The Hall–Kier alpha value is -1.72. The summed E-state index contributed by atoms with van der Waals surface area (Å²) in [6.45, 7) is 2.54. The smallest absolute Gasteiger partial charge is 0.207 e. The highest BCUT2D eigenvalue weighted by molar-refractivity contribution is 7.89. The van der Waals surface area contributed by atoms with Crippen molar-refractivity contribution < 1.29 is 12.8 Å². The quantitative estimate of drug-likeness (QED) is 0.850. The molecule has 0 bridgehead atoms. The average Bonchev–Trinajstić information content (AvgIpc) is 3.06. The number of rotatable bonds is 4. The fraction of sp³-hybridized carbons (Fsp3) is 0.333. The van der Waals surface area contributed by atoms with Gasteiger partial charge in [0.2, 0.25) is 10.0 Å². The maximum Gasteiger partial charge on any atom is 0.243 e. The standard InChI is InChI=1S/C18H20FNO2S/c1-2-14-5-11-17(12-6-14)23(21,22)20-13-3-4-18(20)15-7-9-16(19)10-8-15/h5-12,18H,2-4,13H2,1H3. The van der Waals surface area contributed by atoms with Gasteiger partial charge in [0.15, 0.2) is 0 Å². The second kappa shape index (κ2) is 6.42. The Morgan fingerprint density at radius 1 is 1.09 bits per heavy atom. The van der Waals surface area contributed by atoms with E-state index in [0.717, 1.165) is 30.4 Å². The summed E-state index contributed by atoms with van der Waals surface area (Å²) in [6, 6.07) is 13.0. The number of halogens is 1. The molecular formula is C18H20FNO2S. The van der Waals surface area contributed by atoms with Crippen LogP contribution >= 0.6 is 0 Å². The van der Waals surface area contributed by atoms with Gasteiger partial charge >= 0.3 is 0 Å².